The van der Waals surface area contributed by atoms with Crippen LogP contribution in [0.3, 0.4) is 0 Å². The number of ether oxygens (including phenoxy) is 1. The predicted octanol–water partition coefficient (Wildman–Crippen LogP) is 1.91. The van der Waals surface area contributed by atoms with Crippen LogP contribution in [0.2, 0.25) is 0 Å². The lowest BCUT2D eigenvalue weighted by molar-refractivity contribution is 0.0285. The van der Waals surface area contributed by atoms with Gasteiger partial charge in [-0.3, -0.25) is 4.79 Å². The molecule has 3 rings (SSSR count). The van der Waals surface area contributed by atoms with Gasteiger partial charge in [0.2, 0.25) is 0 Å². The second-order valence-corrected chi connectivity index (χ2v) is 5.53. The summed E-state index contributed by atoms with van der Waals surface area (Å²) in [6, 6.07) is 7.45. The number of benzene rings is 1. The van der Waals surface area contributed by atoms with Crippen molar-refractivity contribution in [1.29, 1.82) is 0 Å². The van der Waals surface area contributed by atoms with Crippen molar-refractivity contribution in [3.8, 4) is 0 Å². The van der Waals surface area contributed by atoms with E-state index in [9.17, 15) is 4.79 Å². The molecule has 5 nitrogen and oxygen atoms in total. The minimum atomic E-state index is -0.220. The first-order valence-electron chi connectivity index (χ1n) is 6.52. The Morgan fingerprint density at radius 3 is 3.15 bits per heavy atom. The first-order valence-corrected chi connectivity index (χ1v) is 7.32. The molecule has 1 amide bonds. The van der Waals surface area contributed by atoms with Crippen molar-refractivity contribution in [3.63, 3.8) is 0 Å². The monoisotopic (exact) mass is 338 g/mol. The number of halogens is 1. The molecular formula is C14H15BrN2O3. The lowest BCUT2D eigenvalue weighted by atomic mass is 10.2. The first kappa shape index (κ1) is 13.6. The van der Waals surface area contributed by atoms with Crippen LogP contribution in [-0.4, -0.2) is 38.3 Å². The van der Waals surface area contributed by atoms with Gasteiger partial charge < -0.3 is 19.8 Å². The maximum absolute atomic E-state index is 12.1. The molecule has 1 unspecified atom stereocenters. The van der Waals surface area contributed by atoms with Crippen molar-refractivity contribution in [1.82, 2.24) is 10.6 Å². The van der Waals surface area contributed by atoms with E-state index in [2.05, 4.69) is 26.6 Å². The van der Waals surface area contributed by atoms with Gasteiger partial charge in [-0.25, -0.2) is 0 Å². The van der Waals surface area contributed by atoms with Crippen LogP contribution >= 0.6 is 15.9 Å². The fourth-order valence-corrected chi connectivity index (χ4v) is 2.65. The number of carbonyl (C=O) groups is 1. The molecule has 0 saturated carbocycles. The summed E-state index contributed by atoms with van der Waals surface area (Å²) in [5, 5.41) is 6.96. The molecule has 1 fully saturated rings. The smallest absolute Gasteiger partial charge is 0.287 e. The molecule has 1 aliphatic rings. The van der Waals surface area contributed by atoms with E-state index in [4.69, 9.17) is 9.15 Å². The summed E-state index contributed by atoms with van der Waals surface area (Å²) in [6.07, 6.45) is 0.0174. The molecule has 0 bridgehead atoms. The number of amides is 1. The van der Waals surface area contributed by atoms with Gasteiger partial charge in [0.1, 0.15) is 5.58 Å². The van der Waals surface area contributed by atoms with Crippen LogP contribution in [0.4, 0.5) is 0 Å². The van der Waals surface area contributed by atoms with E-state index >= 15 is 0 Å². The molecule has 6 heteroatoms. The van der Waals surface area contributed by atoms with Crippen molar-refractivity contribution < 1.29 is 13.9 Å². The van der Waals surface area contributed by atoms with E-state index in [1.165, 1.54) is 0 Å². The Morgan fingerprint density at radius 1 is 1.50 bits per heavy atom. The van der Waals surface area contributed by atoms with Crippen LogP contribution in [0.15, 0.2) is 33.2 Å². The summed E-state index contributed by atoms with van der Waals surface area (Å²) in [5.74, 6) is 0.0953. The maximum atomic E-state index is 12.1. The molecule has 1 atom stereocenters. The standard InChI is InChI=1S/C14H15BrN2O3/c15-11-3-1-2-9-6-12(20-13(9)11)14(18)17-8-10-7-16-4-5-19-10/h1-3,6,10,16H,4-5,7-8H2,(H,17,18). The molecule has 1 saturated heterocycles. The van der Waals surface area contributed by atoms with E-state index in [-0.39, 0.29) is 12.0 Å². The van der Waals surface area contributed by atoms with Crippen LogP contribution < -0.4 is 10.6 Å². The van der Waals surface area contributed by atoms with Crippen molar-refractivity contribution >= 4 is 32.8 Å². The number of para-hydroxylation sites is 1. The number of hydrogen-bond acceptors (Lipinski definition) is 4. The summed E-state index contributed by atoms with van der Waals surface area (Å²) >= 11 is 3.41. The highest BCUT2D eigenvalue weighted by Gasteiger charge is 2.17. The predicted molar refractivity (Wildman–Crippen MR) is 78.9 cm³/mol. The number of nitrogens with one attached hydrogen (secondary N) is 2. The quantitative estimate of drug-likeness (QED) is 0.897. The number of furan rings is 1. The second-order valence-electron chi connectivity index (χ2n) is 4.68. The minimum absolute atomic E-state index is 0.0174. The first-order chi connectivity index (χ1) is 9.74. The number of hydrogen-bond donors (Lipinski definition) is 2. The molecule has 1 aromatic carbocycles. The maximum Gasteiger partial charge on any atom is 0.287 e. The van der Waals surface area contributed by atoms with Gasteiger partial charge in [-0.2, -0.15) is 0 Å². The fourth-order valence-electron chi connectivity index (χ4n) is 2.18. The molecule has 2 heterocycles. The van der Waals surface area contributed by atoms with Gasteiger partial charge in [0.25, 0.3) is 5.91 Å². The van der Waals surface area contributed by atoms with E-state index < -0.39 is 0 Å². The lowest BCUT2D eigenvalue weighted by Crippen LogP contribution is -2.45. The summed E-state index contributed by atoms with van der Waals surface area (Å²) in [5.41, 5.74) is 0.688. The zero-order chi connectivity index (χ0) is 13.9. The highest BCUT2D eigenvalue weighted by molar-refractivity contribution is 9.10. The third-order valence-electron chi connectivity index (χ3n) is 3.21. The van der Waals surface area contributed by atoms with E-state index in [0.29, 0.717) is 24.5 Å². The molecule has 1 aliphatic heterocycles. The Bertz CT molecular complexity index is 620. The topological polar surface area (TPSA) is 63.5 Å². The van der Waals surface area contributed by atoms with Gasteiger partial charge >= 0.3 is 0 Å². The Hall–Kier alpha value is -1.37. The number of fused-ring (bicyclic) bond motifs is 1. The van der Waals surface area contributed by atoms with Gasteiger partial charge in [0, 0.05) is 25.0 Å². The van der Waals surface area contributed by atoms with E-state index in [0.717, 1.165) is 22.9 Å². The molecule has 1 aromatic heterocycles. The van der Waals surface area contributed by atoms with Crippen molar-refractivity contribution in [3.05, 3.63) is 34.5 Å². The second kappa shape index (κ2) is 5.95. The SMILES string of the molecule is O=C(NCC1CNCCO1)c1cc2cccc(Br)c2o1. The summed E-state index contributed by atoms with van der Waals surface area (Å²) in [4.78, 5) is 12.1. The Labute approximate surface area is 124 Å². The molecule has 2 aromatic rings. The zero-order valence-corrected chi connectivity index (χ0v) is 12.4. The molecule has 0 aliphatic carbocycles. The molecule has 106 valence electrons. The summed E-state index contributed by atoms with van der Waals surface area (Å²) in [6.45, 7) is 2.77. The average molecular weight is 339 g/mol. The molecule has 0 radical (unpaired) electrons. The molecule has 2 N–H and O–H groups in total. The molecular weight excluding hydrogens is 324 g/mol. The van der Waals surface area contributed by atoms with Crippen LogP contribution in [0, 0.1) is 0 Å². The number of carbonyl (C=O) groups excluding carboxylic acids is 1. The largest absolute Gasteiger partial charge is 0.450 e. The highest BCUT2D eigenvalue weighted by atomic mass is 79.9. The fraction of sp³-hybridized carbons (Fsp3) is 0.357. The molecule has 0 spiro atoms. The van der Waals surface area contributed by atoms with Crippen LogP contribution in [0.1, 0.15) is 10.6 Å². The zero-order valence-electron chi connectivity index (χ0n) is 10.8. The van der Waals surface area contributed by atoms with Gasteiger partial charge in [-0.1, -0.05) is 12.1 Å². The average Bonchev–Trinajstić information content (AvgIpc) is 2.91. The van der Waals surface area contributed by atoms with Gasteiger partial charge in [0.05, 0.1) is 17.2 Å². The van der Waals surface area contributed by atoms with Crippen LogP contribution in [0.25, 0.3) is 11.0 Å². The van der Waals surface area contributed by atoms with Gasteiger partial charge in [-0.15, -0.1) is 0 Å². The van der Waals surface area contributed by atoms with Crippen molar-refractivity contribution in [2.75, 3.05) is 26.2 Å². The van der Waals surface area contributed by atoms with Crippen LogP contribution in [-0.2, 0) is 4.74 Å². The minimum Gasteiger partial charge on any atom is -0.450 e. The van der Waals surface area contributed by atoms with E-state index in [1.54, 1.807) is 6.07 Å². The van der Waals surface area contributed by atoms with E-state index in [1.807, 2.05) is 18.2 Å². The van der Waals surface area contributed by atoms with Crippen molar-refractivity contribution in [2.24, 2.45) is 0 Å². The van der Waals surface area contributed by atoms with Crippen molar-refractivity contribution in [2.45, 2.75) is 6.10 Å². The third kappa shape index (κ3) is 2.87. The number of rotatable bonds is 3. The molecule has 20 heavy (non-hydrogen) atoms. The lowest BCUT2D eigenvalue weighted by Gasteiger charge is -2.23. The Balaban J connectivity index is 1.67. The van der Waals surface area contributed by atoms with Crippen LogP contribution in [0.5, 0.6) is 0 Å². The third-order valence-corrected chi connectivity index (χ3v) is 3.84. The number of morpholine rings is 1. The summed E-state index contributed by atoms with van der Waals surface area (Å²) in [7, 11) is 0. The Kier molecular flexibility index (Phi) is 4.05. The van der Waals surface area contributed by atoms with Gasteiger partial charge in [0.15, 0.2) is 5.76 Å². The normalized spacial score (nSPS) is 19.1. The highest BCUT2D eigenvalue weighted by Crippen LogP contribution is 2.26. The summed E-state index contributed by atoms with van der Waals surface area (Å²) < 4.78 is 12.0. The van der Waals surface area contributed by atoms with Gasteiger partial charge in [-0.05, 0) is 28.1 Å². The Morgan fingerprint density at radius 2 is 2.40 bits per heavy atom.